The van der Waals surface area contributed by atoms with Gasteiger partial charge in [0.15, 0.2) is 0 Å². The molecule has 6 heteroatoms. The van der Waals surface area contributed by atoms with Crippen LogP contribution in [-0.2, 0) is 17.8 Å². The molecule has 2 aromatic carbocycles. The van der Waals surface area contributed by atoms with Crippen LogP contribution < -0.4 is 10.3 Å². The number of amides is 1. The van der Waals surface area contributed by atoms with Gasteiger partial charge in [-0.3, -0.25) is 14.3 Å². The Morgan fingerprint density at radius 2 is 2.00 bits per heavy atom. The summed E-state index contributed by atoms with van der Waals surface area (Å²) in [6, 6.07) is 12.1. The number of carbonyl (C=O) groups excluding carboxylic acids is 1. The molecule has 0 N–H and O–H groups in total. The van der Waals surface area contributed by atoms with Gasteiger partial charge in [-0.2, -0.15) is 5.10 Å². The molecule has 1 aliphatic heterocycles. The maximum atomic E-state index is 14.3. The van der Waals surface area contributed by atoms with E-state index in [0.717, 1.165) is 18.4 Å². The summed E-state index contributed by atoms with van der Waals surface area (Å²) in [5, 5.41) is 4.72. The van der Waals surface area contributed by atoms with E-state index in [1.165, 1.54) is 12.3 Å². The van der Waals surface area contributed by atoms with Gasteiger partial charge >= 0.3 is 0 Å². The maximum Gasteiger partial charge on any atom is 0.228 e. The summed E-state index contributed by atoms with van der Waals surface area (Å²) in [6.45, 7) is 0.852. The lowest BCUT2D eigenvalue weighted by atomic mass is 10.0. The number of para-hydroxylation sites is 2. The van der Waals surface area contributed by atoms with Crippen LogP contribution in [0.3, 0.4) is 0 Å². The van der Waals surface area contributed by atoms with Gasteiger partial charge in [-0.05, 0) is 36.6 Å². The standard InChI is InChI=1S/C20H18FN3O2/c21-16-8-3-5-14-6-4-11-23(20(14)16)19(26)10-12-24-17-9-2-1-7-15(17)18(25)13-22-24/h1-3,5,7-9,13H,4,6,10-12H2. The second-order valence-corrected chi connectivity index (χ2v) is 6.40. The number of rotatable bonds is 3. The first-order valence-electron chi connectivity index (χ1n) is 8.68. The van der Waals surface area contributed by atoms with Crippen LogP contribution in [0.5, 0.6) is 0 Å². The lowest BCUT2D eigenvalue weighted by Crippen LogP contribution is -2.36. The number of nitrogens with zero attached hydrogens (tertiary/aromatic N) is 3. The summed E-state index contributed by atoms with van der Waals surface area (Å²) in [6.07, 6.45) is 3.06. The Morgan fingerprint density at radius 3 is 2.88 bits per heavy atom. The van der Waals surface area contributed by atoms with E-state index in [-0.39, 0.29) is 23.6 Å². The fraction of sp³-hybridized carbons (Fsp3) is 0.250. The molecule has 26 heavy (non-hydrogen) atoms. The molecule has 0 saturated heterocycles. The minimum Gasteiger partial charge on any atom is -0.309 e. The molecule has 5 nitrogen and oxygen atoms in total. The average molecular weight is 351 g/mol. The number of aromatic nitrogens is 2. The molecule has 0 radical (unpaired) electrons. The number of aryl methyl sites for hydroxylation is 2. The Hall–Kier alpha value is -3.02. The van der Waals surface area contributed by atoms with Gasteiger partial charge in [0.25, 0.3) is 0 Å². The SMILES string of the molecule is O=C(CCn1ncc(=O)c2ccccc21)N1CCCc2cccc(F)c21. The van der Waals surface area contributed by atoms with E-state index in [2.05, 4.69) is 5.10 Å². The van der Waals surface area contributed by atoms with Crippen molar-refractivity contribution in [1.29, 1.82) is 0 Å². The van der Waals surface area contributed by atoms with Gasteiger partial charge in [0.05, 0.1) is 23.9 Å². The number of anilines is 1. The van der Waals surface area contributed by atoms with Crippen LogP contribution in [0.1, 0.15) is 18.4 Å². The van der Waals surface area contributed by atoms with Crippen LogP contribution in [0.15, 0.2) is 53.5 Å². The summed E-state index contributed by atoms with van der Waals surface area (Å²) >= 11 is 0. The van der Waals surface area contributed by atoms with Gasteiger partial charge in [0, 0.05) is 18.4 Å². The van der Waals surface area contributed by atoms with Crippen molar-refractivity contribution in [3.8, 4) is 0 Å². The molecule has 132 valence electrons. The van der Waals surface area contributed by atoms with E-state index in [1.807, 2.05) is 18.2 Å². The van der Waals surface area contributed by atoms with E-state index >= 15 is 0 Å². The van der Waals surface area contributed by atoms with Gasteiger partial charge < -0.3 is 4.90 Å². The average Bonchev–Trinajstić information content (AvgIpc) is 2.67. The van der Waals surface area contributed by atoms with Gasteiger partial charge in [0.2, 0.25) is 11.3 Å². The third kappa shape index (κ3) is 2.87. The van der Waals surface area contributed by atoms with Crippen molar-refractivity contribution in [3.63, 3.8) is 0 Å². The van der Waals surface area contributed by atoms with Gasteiger partial charge in [-0.1, -0.05) is 24.3 Å². The molecule has 0 fully saturated rings. The fourth-order valence-electron chi connectivity index (χ4n) is 3.53. The molecule has 1 aromatic heterocycles. The zero-order valence-electron chi connectivity index (χ0n) is 14.2. The normalized spacial score (nSPS) is 13.7. The van der Waals surface area contributed by atoms with Crippen molar-refractivity contribution >= 4 is 22.5 Å². The quantitative estimate of drug-likeness (QED) is 0.729. The molecule has 0 bridgehead atoms. The van der Waals surface area contributed by atoms with Crippen LogP contribution >= 0.6 is 0 Å². The highest BCUT2D eigenvalue weighted by Gasteiger charge is 2.25. The zero-order valence-corrected chi connectivity index (χ0v) is 14.2. The topological polar surface area (TPSA) is 55.2 Å². The minimum atomic E-state index is -0.359. The molecule has 0 spiro atoms. The zero-order chi connectivity index (χ0) is 18.1. The predicted octanol–water partition coefficient (Wildman–Crippen LogP) is 2.91. The lowest BCUT2D eigenvalue weighted by molar-refractivity contribution is -0.119. The van der Waals surface area contributed by atoms with Crippen molar-refractivity contribution in [1.82, 2.24) is 9.78 Å². The molecular formula is C20H18FN3O2. The van der Waals surface area contributed by atoms with Gasteiger partial charge in [0.1, 0.15) is 5.82 Å². The van der Waals surface area contributed by atoms with Crippen molar-refractivity contribution in [2.24, 2.45) is 0 Å². The first-order valence-corrected chi connectivity index (χ1v) is 8.68. The summed E-state index contributed by atoms with van der Waals surface area (Å²) in [5.41, 5.74) is 1.83. The summed E-state index contributed by atoms with van der Waals surface area (Å²) in [4.78, 5) is 26.2. The molecular weight excluding hydrogens is 333 g/mol. The molecule has 1 aliphatic rings. The molecule has 2 heterocycles. The Morgan fingerprint density at radius 1 is 1.15 bits per heavy atom. The highest BCUT2D eigenvalue weighted by atomic mass is 19.1. The monoisotopic (exact) mass is 351 g/mol. The van der Waals surface area contributed by atoms with E-state index < -0.39 is 0 Å². The summed E-state index contributed by atoms with van der Waals surface area (Å²) in [5.74, 6) is -0.497. The van der Waals surface area contributed by atoms with E-state index in [9.17, 15) is 14.0 Å². The third-order valence-electron chi connectivity index (χ3n) is 4.77. The number of hydrogen-bond acceptors (Lipinski definition) is 3. The van der Waals surface area contributed by atoms with Crippen molar-refractivity contribution < 1.29 is 9.18 Å². The second kappa shape index (κ2) is 6.71. The Labute approximate surface area is 149 Å². The third-order valence-corrected chi connectivity index (χ3v) is 4.77. The van der Waals surface area contributed by atoms with E-state index in [0.29, 0.717) is 29.7 Å². The van der Waals surface area contributed by atoms with Crippen LogP contribution in [-0.4, -0.2) is 22.2 Å². The molecule has 0 saturated carbocycles. The number of benzene rings is 2. The Bertz CT molecular complexity index is 1040. The van der Waals surface area contributed by atoms with Crippen LogP contribution in [0.4, 0.5) is 10.1 Å². The number of hydrogen-bond donors (Lipinski definition) is 0. The predicted molar refractivity (Wildman–Crippen MR) is 97.7 cm³/mol. The van der Waals surface area contributed by atoms with Crippen molar-refractivity contribution in [2.45, 2.75) is 25.8 Å². The summed E-state index contributed by atoms with van der Waals surface area (Å²) < 4.78 is 15.9. The Balaban J connectivity index is 1.58. The van der Waals surface area contributed by atoms with Crippen molar-refractivity contribution in [2.75, 3.05) is 11.4 Å². The van der Waals surface area contributed by atoms with Crippen molar-refractivity contribution in [3.05, 3.63) is 70.3 Å². The number of fused-ring (bicyclic) bond motifs is 2. The molecule has 3 aromatic rings. The Kier molecular flexibility index (Phi) is 4.24. The first kappa shape index (κ1) is 16.4. The first-order chi connectivity index (χ1) is 12.6. The molecule has 1 amide bonds. The van der Waals surface area contributed by atoms with Crippen LogP contribution in [0.2, 0.25) is 0 Å². The number of halogens is 1. The van der Waals surface area contributed by atoms with E-state index in [4.69, 9.17) is 0 Å². The lowest BCUT2D eigenvalue weighted by Gasteiger charge is -2.30. The largest absolute Gasteiger partial charge is 0.309 e. The fourth-order valence-corrected chi connectivity index (χ4v) is 3.53. The van der Waals surface area contributed by atoms with Crippen LogP contribution in [0.25, 0.3) is 10.9 Å². The molecule has 0 unspecified atom stereocenters. The van der Waals surface area contributed by atoms with Gasteiger partial charge in [-0.25, -0.2) is 4.39 Å². The summed E-state index contributed by atoms with van der Waals surface area (Å²) in [7, 11) is 0. The minimum absolute atomic E-state index is 0.138. The molecule has 0 aliphatic carbocycles. The maximum absolute atomic E-state index is 14.3. The molecule has 4 rings (SSSR count). The van der Waals surface area contributed by atoms with Crippen LogP contribution in [0, 0.1) is 5.82 Å². The van der Waals surface area contributed by atoms with Gasteiger partial charge in [-0.15, -0.1) is 0 Å². The molecule has 0 atom stereocenters. The highest BCUT2D eigenvalue weighted by Crippen LogP contribution is 2.30. The second-order valence-electron chi connectivity index (χ2n) is 6.40. The number of carbonyl (C=O) groups is 1. The van der Waals surface area contributed by atoms with E-state index in [1.54, 1.807) is 27.8 Å². The highest BCUT2D eigenvalue weighted by molar-refractivity contribution is 5.94. The smallest absolute Gasteiger partial charge is 0.228 e.